The van der Waals surface area contributed by atoms with Crippen LogP contribution in [0.4, 0.5) is 5.69 Å². The molecule has 4 atom stereocenters. The second-order valence-electron chi connectivity index (χ2n) is 8.67. The van der Waals surface area contributed by atoms with Crippen LogP contribution in [0.3, 0.4) is 0 Å². The number of aromatic nitrogens is 1. The summed E-state index contributed by atoms with van der Waals surface area (Å²) in [6.07, 6.45) is 5.75. The van der Waals surface area contributed by atoms with Crippen molar-refractivity contribution >= 4 is 11.4 Å². The number of anilines is 1. The van der Waals surface area contributed by atoms with Crippen molar-refractivity contribution in [1.82, 2.24) is 4.98 Å². The molecule has 1 aromatic carbocycles. The van der Waals surface area contributed by atoms with Gasteiger partial charge >= 0.3 is 0 Å². The second-order valence-corrected chi connectivity index (χ2v) is 8.67. The Labute approximate surface area is 173 Å². The molecule has 154 valence electrons. The maximum Gasteiger partial charge on any atom is 0.213 e. The molecule has 1 saturated carbocycles. The molecule has 2 aliphatic rings. The van der Waals surface area contributed by atoms with Gasteiger partial charge in [0.2, 0.25) is 5.71 Å². The number of fused-ring (bicyclic) bond motifs is 1. The molecular weight excluding hydrogens is 362 g/mol. The molecule has 4 rings (SSSR count). The predicted octanol–water partition coefficient (Wildman–Crippen LogP) is 2.65. The van der Waals surface area contributed by atoms with Gasteiger partial charge < -0.3 is 15.2 Å². The van der Waals surface area contributed by atoms with Crippen LogP contribution >= 0.6 is 0 Å². The van der Waals surface area contributed by atoms with Crippen LogP contribution in [0.1, 0.15) is 50.4 Å². The van der Waals surface area contributed by atoms with Crippen LogP contribution in [0.15, 0.2) is 36.5 Å². The maximum absolute atomic E-state index is 6.52. The van der Waals surface area contributed by atoms with E-state index in [0.29, 0.717) is 29.3 Å². The lowest BCUT2D eigenvalue weighted by molar-refractivity contribution is -0.111. The van der Waals surface area contributed by atoms with Crippen LogP contribution in [0.25, 0.3) is 0 Å². The standard InChI is InChI=1S/C24H31N3O2/c1-4-23-19-11-16(21(19)13-28-23)10-17-9-15(7-8-27-17)24(26)20-12-18(29-14(2)3)5-6-22(20)25/h5-9,12,14,16,19,21,23,26H,4,10-11,13,25H2,1-3H3/p+1/t16?,19?,21-,23+/m0/s1. The second kappa shape index (κ2) is 8.15. The molecule has 1 aliphatic carbocycles. The Hall–Kier alpha value is -2.40. The predicted molar refractivity (Wildman–Crippen MR) is 115 cm³/mol. The zero-order valence-electron chi connectivity index (χ0n) is 17.6. The number of nitrogen functional groups attached to an aromatic ring is 1. The van der Waals surface area contributed by atoms with Crippen LogP contribution < -0.4 is 15.9 Å². The van der Waals surface area contributed by atoms with Crippen molar-refractivity contribution in [3.63, 3.8) is 0 Å². The Morgan fingerprint density at radius 2 is 2.10 bits per heavy atom. The summed E-state index contributed by atoms with van der Waals surface area (Å²) in [7, 11) is 0. The minimum absolute atomic E-state index is 0.0957. The molecule has 0 amide bonds. The molecule has 1 aliphatic heterocycles. The van der Waals surface area contributed by atoms with E-state index in [1.54, 1.807) is 0 Å². The van der Waals surface area contributed by atoms with E-state index < -0.39 is 0 Å². The maximum atomic E-state index is 6.52. The third kappa shape index (κ3) is 4.01. The Morgan fingerprint density at radius 3 is 2.86 bits per heavy atom. The lowest BCUT2D eigenvalue weighted by Gasteiger charge is -2.41. The summed E-state index contributed by atoms with van der Waals surface area (Å²) in [6, 6.07) is 9.70. The number of hydrogen-bond donors (Lipinski definition) is 2. The summed E-state index contributed by atoms with van der Waals surface area (Å²) in [5, 5.41) is 6.52. The van der Waals surface area contributed by atoms with E-state index in [1.807, 2.05) is 44.3 Å². The quantitative estimate of drug-likeness (QED) is 0.559. The van der Waals surface area contributed by atoms with Gasteiger partial charge in [-0.2, -0.15) is 0 Å². The molecule has 2 unspecified atom stereocenters. The first-order valence-corrected chi connectivity index (χ1v) is 10.7. The highest BCUT2D eigenvalue weighted by atomic mass is 16.5. The van der Waals surface area contributed by atoms with E-state index in [9.17, 15) is 0 Å². The third-order valence-electron chi connectivity index (χ3n) is 6.40. The van der Waals surface area contributed by atoms with Gasteiger partial charge in [0.25, 0.3) is 0 Å². The smallest absolute Gasteiger partial charge is 0.213 e. The molecule has 2 aromatic rings. The van der Waals surface area contributed by atoms with Crippen LogP contribution in [0.2, 0.25) is 0 Å². The van der Waals surface area contributed by atoms with Crippen LogP contribution in [0, 0.1) is 17.8 Å². The Balaban J connectivity index is 1.48. The SMILES string of the molecule is CC[C@H]1OC[C@H]2C(Cc3cc(C(=[NH2+])c4cc(OC(C)C)ccc4N)ccn3)CC21. The lowest BCUT2D eigenvalue weighted by Crippen LogP contribution is -2.42. The number of nitrogens with zero attached hydrogens (tertiary/aromatic N) is 1. The van der Waals surface area contributed by atoms with Gasteiger partial charge in [0.15, 0.2) is 0 Å². The number of hydrogen-bond acceptors (Lipinski definition) is 4. The summed E-state index contributed by atoms with van der Waals surface area (Å²) in [6.45, 7) is 7.13. The molecule has 1 saturated heterocycles. The van der Waals surface area contributed by atoms with Gasteiger partial charge in [-0.1, -0.05) is 6.92 Å². The Kier molecular flexibility index (Phi) is 5.59. The first kappa shape index (κ1) is 19.9. The number of rotatable bonds is 7. The van der Waals surface area contributed by atoms with Gasteiger partial charge in [0.1, 0.15) is 5.75 Å². The average Bonchev–Trinajstić information content (AvgIpc) is 3.03. The van der Waals surface area contributed by atoms with Crippen molar-refractivity contribution in [2.24, 2.45) is 17.8 Å². The number of nitrogens with two attached hydrogens (primary N) is 2. The van der Waals surface area contributed by atoms with E-state index in [4.69, 9.17) is 20.6 Å². The largest absolute Gasteiger partial charge is 0.491 e. The summed E-state index contributed by atoms with van der Waals surface area (Å²) < 4.78 is 11.8. The normalized spacial score (nSPS) is 25.5. The number of pyridine rings is 1. The van der Waals surface area contributed by atoms with E-state index >= 15 is 0 Å². The monoisotopic (exact) mass is 394 g/mol. The van der Waals surface area contributed by atoms with Gasteiger partial charge in [-0.25, -0.2) is 0 Å². The van der Waals surface area contributed by atoms with E-state index in [1.165, 1.54) is 6.42 Å². The molecule has 0 bridgehead atoms. The fraction of sp³-hybridized carbons (Fsp3) is 0.500. The van der Waals surface area contributed by atoms with Crippen molar-refractivity contribution in [3.8, 4) is 5.75 Å². The van der Waals surface area contributed by atoms with Crippen LogP contribution in [0.5, 0.6) is 5.75 Å². The highest BCUT2D eigenvalue weighted by Gasteiger charge is 2.49. The van der Waals surface area contributed by atoms with E-state index in [0.717, 1.165) is 47.9 Å². The van der Waals surface area contributed by atoms with Crippen molar-refractivity contribution in [1.29, 1.82) is 0 Å². The van der Waals surface area contributed by atoms with E-state index in [2.05, 4.69) is 18.0 Å². The fourth-order valence-corrected chi connectivity index (χ4v) is 4.85. The fourth-order valence-electron chi connectivity index (χ4n) is 4.85. The molecule has 2 fully saturated rings. The molecular formula is C24H32N3O2+. The minimum atomic E-state index is 0.0957. The zero-order chi connectivity index (χ0) is 20.5. The number of ether oxygens (including phenoxy) is 2. The van der Waals surface area contributed by atoms with Gasteiger partial charge in [0.05, 0.1) is 24.4 Å². The molecule has 1 aromatic heterocycles. The van der Waals surface area contributed by atoms with Crippen molar-refractivity contribution in [2.45, 2.75) is 52.2 Å². The summed E-state index contributed by atoms with van der Waals surface area (Å²) in [5.41, 5.74) is 10.3. The molecule has 29 heavy (non-hydrogen) atoms. The lowest BCUT2D eigenvalue weighted by atomic mass is 9.62. The van der Waals surface area contributed by atoms with Crippen molar-refractivity contribution in [2.75, 3.05) is 12.3 Å². The number of benzene rings is 1. The molecule has 5 heteroatoms. The highest BCUT2D eigenvalue weighted by molar-refractivity contribution is 6.12. The van der Waals surface area contributed by atoms with Gasteiger partial charge in [-0.3, -0.25) is 10.4 Å². The van der Waals surface area contributed by atoms with Gasteiger partial charge in [-0.15, -0.1) is 0 Å². The highest BCUT2D eigenvalue weighted by Crippen LogP contribution is 2.49. The van der Waals surface area contributed by atoms with Crippen molar-refractivity contribution < 1.29 is 14.9 Å². The molecule has 2 heterocycles. The topological polar surface area (TPSA) is 83.0 Å². The third-order valence-corrected chi connectivity index (χ3v) is 6.40. The van der Waals surface area contributed by atoms with E-state index in [-0.39, 0.29) is 6.10 Å². The van der Waals surface area contributed by atoms with Gasteiger partial charge in [-0.05, 0) is 81.2 Å². The minimum Gasteiger partial charge on any atom is -0.491 e. The van der Waals surface area contributed by atoms with Crippen LogP contribution in [-0.2, 0) is 11.2 Å². The Bertz CT molecular complexity index is 895. The summed E-state index contributed by atoms with van der Waals surface area (Å²) in [5.74, 6) is 2.86. The molecule has 5 nitrogen and oxygen atoms in total. The Morgan fingerprint density at radius 1 is 1.28 bits per heavy atom. The molecule has 0 spiro atoms. The molecule has 0 radical (unpaired) electrons. The molecule has 4 N–H and O–H groups in total. The van der Waals surface area contributed by atoms with Crippen LogP contribution in [-0.4, -0.2) is 29.5 Å². The summed E-state index contributed by atoms with van der Waals surface area (Å²) >= 11 is 0. The first-order chi connectivity index (χ1) is 14.0. The zero-order valence-corrected chi connectivity index (χ0v) is 17.6. The first-order valence-electron chi connectivity index (χ1n) is 10.7. The van der Waals surface area contributed by atoms with Crippen molar-refractivity contribution in [3.05, 3.63) is 53.3 Å². The average molecular weight is 395 g/mol. The van der Waals surface area contributed by atoms with Gasteiger partial charge in [0, 0.05) is 23.1 Å². The summed E-state index contributed by atoms with van der Waals surface area (Å²) in [4.78, 5) is 4.60.